The Hall–Kier alpha value is -2.54. The first-order valence-corrected chi connectivity index (χ1v) is 9.78. The van der Waals surface area contributed by atoms with Crippen molar-refractivity contribution in [3.63, 3.8) is 0 Å². The smallest absolute Gasteiger partial charge is 0.259 e. The number of nitrogens with zero attached hydrogens (tertiary/aromatic N) is 5. The summed E-state index contributed by atoms with van der Waals surface area (Å²) >= 11 is 0. The number of rotatable bonds is 5. The molecule has 150 valence electrons. The lowest BCUT2D eigenvalue weighted by Crippen LogP contribution is -2.48. The van der Waals surface area contributed by atoms with Crippen LogP contribution >= 0.6 is 0 Å². The normalized spacial score (nSPS) is 15.1. The fourth-order valence-corrected chi connectivity index (χ4v) is 3.21. The molecule has 0 atom stereocenters. The predicted octanol–water partition coefficient (Wildman–Crippen LogP) is 2.91. The Kier molecular flexibility index (Phi) is 6.24. The van der Waals surface area contributed by atoms with Gasteiger partial charge in [-0.1, -0.05) is 6.92 Å². The molecule has 7 heteroatoms. The molecule has 28 heavy (non-hydrogen) atoms. The Morgan fingerprint density at radius 3 is 2.39 bits per heavy atom. The maximum Gasteiger partial charge on any atom is 0.259 e. The molecule has 0 bridgehead atoms. The second-order valence-electron chi connectivity index (χ2n) is 7.37. The van der Waals surface area contributed by atoms with Gasteiger partial charge in [0, 0.05) is 51.0 Å². The third-order valence-electron chi connectivity index (χ3n) is 5.32. The van der Waals surface area contributed by atoms with Crippen molar-refractivity contribution in [1.29, 1.82) is 0 Å². The highest BCUT2D eigenvalue weighted by molar-refractivity contribution is 5.99. The summed E-state index contributed by atoms with van der Waals surface area (Å²) < 4.78 is 13.2. The van der Waals surface area contributed by atoms with Crippen LogP contribution in [-0.2, 0) is 0 Å². The topological polar surface area (TPSA) is 52.6 Å². The molecule has 3 rings (SSSR count). The van der Waals surface area contributed by atoms with Gasteiger partial charge in [-0.15, -0.1) is 0 Å². The minimum absolute atomic E-state index is 0.0380. The van der Waals surface area contributed by atoms with Crippen LogP contribution in [0.1, 0.15) is 31.1 Å². The molecule has 0 N–H and O–H groups in total. The van der Waals surface area contributed by atoms with Crippen molar-refractivity contribution in [2.75, 3.05) is 44.7 Å². The molecule has 0 saturated carbocycles. The van der Waals surface area contributed by atoms with E-state index in [0.29, 0.717) is 30.3 Å². The van der Waals surface area contributed by atoms with Gasteiger partial charge in [-0.3, -0.25) is 4.79 Å². The third kappa shape index (κ3) is 4.30. The number of hydrogen-bond acceptors (Lipinski definition) is 5. The summed E-state index contributed by atoms with van der Waals surface area (Å²) in [4.78, 5) is 28.5. The van der Waals surface area contributed by atoms with Crippen LogP contribution < -0.4 is 4.90 Å². The highest BCUT2D eigenvalue weighted by atomic mass is 19.1. The Labute approximate surface area is 166 Å². The van der Waals surface area contributed by atoms with Gasteiger partial charge in [-0.25, -0.2) is 14.4 Å². The van der Waals surface area contributed by atoms with Crippen LogP contribution in [0.5, 0.6) is 0 Å². The number of carbonyl (C=O) groups excluding carboxylic acids is 1. The lowest BCUT2D eigenvalue weighted by Gasteiger charge is -2.35. The summed E-state index contributed by atoms with van der Waals surface area (Å²) in [6, 6.07) is 6.23. The standard InChI is InChI=1S/C21H28FN5O/c1-5-26-10-12-27(13-11-26)21(28)18-14-23-19(16-6-8-17(22)9-7-16)24-20(18)25(4)15(2)3/h6-9,14-15H,5,10-13H2,1-4H3. The molecule has 0 radical (unpaired) electrons. The number of piperazine rings is 1. The molecule has 1 amide bonds. The van der Waals surface area contributed by atoms with Crippen molar-refractivity contribution in [2.45, 2.75) is 26.8 Å². The Morgan fingerprint density at radius 1 is 1.18 bits per heavy atom. The number of anilines is 1. The van der Waals surface area contributed by atoms with Gasteiger partial charge in [0.1, 0.15) is 17.2 Å². The summed E-state index contributed by atoms with van der Waals surface area (Å²) in [6.45, 7) is 10.4. The molecule has 1 aromatic carbocycles. The monoisotopic (exact) mass is 385 g/mol. The molecule has 0 unspecified atom stereocenters. The third-order valence-corrected chi connectivity index (χ3v) is 5.32. The van der Waals surface area contributed by atoms with Crippen LogP contribution in [-0.4, -0.2) is 71.5 Å². The quantitative estimate of drug-likeness (QED) is 0.792. The van der Waals surface area contributed by atoms with Crippen molar-refractivity contribution >= 4 is 11.7 Å². The summed E-state index contributed by atoms with van der Waals surface area (Å²) in [5, 5.41) is 0. The molecule has 6 nitrogen and oxygen atoms in total. The summed E-state index contributed by atoms with van der Waals surface area (Å²) in [5.74, 6) is 0.743. The van der Waals surface area contributed by atoms with E-state index in [1.165, 1.54) is 12.1 Å². The first-order chi connectivity index (χ1) is 13.4. The van der Waals surface area contributed by atoms with Gasteiger partial charge >= 0.3 is 0 Å². The fraction of sp³-hybridized carbons (Fsp3) is 0.476. The minimum Gasteiger partial charge on any atom is -0.356 e. The van der Waals surface area contributed by atoms with E-state index in [2.05, 4.69) is 21.8 Å². The van der Waals surface area contributed by atoms with Gasteiger partial charge in [-0.2, -0.15) is 0 Å². The zero-order valence-corrected chi connectivity index (χ0v) is 17.0. The van der Waals surface area contributed by atoms with Crippen LogP contribution in [0.3, 0.4) is 0 Å². The van der Waals surface area contributed by atoms with Crippen LogP contribution in [0.25, 0.3) is 11.4 Å². The van der Waals surface area contributed by atoms with Crippen molar-refractivity contribution in [3.05, 3.63) is 41.8 Å². The van der Waals surface area contributed by atoms with Gasteiger partial charge in [-0.05, 0) is 44.7 Å². The molecule has 1 saturated heterocycles. The van der Waals surface area contributed by atoms with Crippen molar-refractivity contribution in [3.8, 4) is 11.4 Å². The fourth-order valence-electron chi connectivity index (χ4n) is 3.21. The molecule has 2 aromatic rings. The first-order valence-electron chi connectivity index (χ1n) is 9.78. The van der Waals surface area contributed by atoms with Gasteiger partial charge in [0.15, 0.2) is 5.82 Å². The van der Waals surface area contributed by atoms with Gasteiger partial charge < -0.3 is 14.7 Å². The largest absolute Gasteiger partial charge is 0.356 e. The average molecular weight is 385 g/mol. The van der Waals surface area contributed by atoms with E-state index in [4.69, 9.17) is 0 Å². The molecular weight excluding hydrogens is 357 g/mol. The Morgan fingerprint density at radius 2 is 1.82 bits per heavy atom. The number of aromatic nitrogens is 2. The molecule has 2 heterocycles. The van der Waals surface area contributed by atoms with Crippen LogP contribution in [0.2, 0.25) is 0 Å². The molecule has 0 spiro atoms. The molecule has 0 aliphatic carbocycles. The van der Waals surface area contributed by atoms with E-state index in [0.717, 1.165) is 25.2 Å². The van der Waals surface area contributed by atoms with E-state index in [9.17, 15) is 9.18 Å². The second kappa shape index (κ2) is 8.65. The molecular formula is C21H28FN5O. The highest BCUT2D eigenvalue weighted by Gasteiger charge is 2.26. The number of carbonyl (C=O) groups is 1. The zero-order chi connectivity index (χ0) is 20.3. The average Bonchev–Trinajstić information content (AvgIpc) is 2.73. The van der Waals surface area contributed by atoms with Crippen molar-refractivity contribution in [1.82, 2.24) is 19.8 Å². The number of halogens is 1. The van der Waals surface area contributed by atoms with E-state index in [1.807, 2.05) is 30.7 Å². The maximum absolute atomic E-state index is 13.2. The van der Waals surface area contributed by atoms with E-state index in [-0.39, 0.29) is 17.8 Å². The molecule has 1 aliphatic rings. The highest BCUT2D eigenvalue weighted by Crippen LogP contribution is 2.25. The zero-order valence-electron chi connectivity index (χ0n) is 17.0. The number of benzene rings is 1. The van der Waals surface area contributed by atoms with Crippen molar-refractivity contribution in [2.24, 2.45) is 0 Å². The first kappa shape index (κ1) is 20.2. The Balaban J connectivity index is 1.93. The predicted molar refractivity (Wildman–Crippen MR) is 109 cm³/mol. The number of hydrogen-bond donors (Lipinski definition) is 0. The van der Waals surface area contributed by atoms with E-state index in [1.54, 1.807) is 18.3 Å². The molecule has 1 aliphatic heterocycles. The van der Waals surface area contributed by atoms with Crippen LogP contribution in [0, 0.1) is 5.82 Å². The van der Waals surface area contributed by atoms with E-state index < -0.39 is 0 Å². The van der Waals surface area contributed by atoms with Gasteiger partial charge in [0.2, 0.25) is 0 Å². The summed E-state index contributed by atoms with van der Waals surface area (Å²) in [5.41, 5.74) is 1.22. The van der Waals surface area contributed by atoms with E-state index >= 15 is 0 Å². The maximum atomic E-state index is 13.2. The van der Waals surface area contributed by atoms with Gasteiger partial charge in [0.05, 0.1) is 0 Å². The van der Waals surface area contributed by atoms with Gasteiger partial charge in [0.25, 0.3) is 5.91 Å². The molecule has 1 fully saturated rings. The lowest BCUT2D eigenvalue weighted by molar-refractivity contribution is 0.0643. The minimum atomic E-state index is -0.304. The Bertz CT molecular complexity index is 816. The number of likely N-dealkylation sites (N-methyl/N-ethyl adjacent to an activating group) is 1. The van der Waals surface area contributed by atoms with Crippen LogP contribution in [0.15, 0.2) is 30.5 Å². The van der Waals surface area contributed by atoms with Crippen molar-refractivity contribution < 1.29 is 9.18 Å². The second-order valence-corrected chi connectivity index (χ2v) is 7.37. The molecule has 1 aromatic heterocycles. The SMILES string of the molecule is CCN1CCN(C(=O)c2cnc(-c3ccc(F)cc3)nc2N(C)C(C)C)CC1. The summed E-state index contributed by atoms with van der Waals surface area (Å²) in [7, 11) is 1.92. The lowest BCUT2D eigenvalue weighted by atomic mass is 10.1. The number of amides is 1. The van der Waals surface area contributed by atoms with Crippen LogP contribution in [0.4, 0.5) is 10.2 Å². The summed E-state index contributed by atoms with van der Waals surface area (Å²) in [6.07, 6.45) is 1.61.